The van der Waals surface area contributed by atoms with Crippen LogP contribution in [0.15, 0.2) is 18.2 Å². The number of carbonyl (C=O) groups is 1. The highest BCUT2D eigenvalue weighted by atomic mass is 19.1. The molecule has 1 saturated heterocycles. The van der Waals surface area contributed by atoms with E-state index < -0.39 is 5.54 Å². The number of rotatable bonds is 2. The Labute approximate surface area is 113 Å². The Morgan fingerprint density at radius 2 is 2.05 bits per heavy atom. The first-order chi connectivity index (χ1) is 8.87. The molecule has 0 saturated carbocycles. The second kappa shape index (κ2) is 4.81. The highest BCUT2D eigenvalue weighted by molar-refractivity contribution is 5.90. The summed E-state index contributed by atoms with van der Waals surface area (Å²) in [7, 11) is 1.79. The molecule has 5 heteroatoms. The number of hydrogen-bond acceptors (Lipinski definition) is 3. The van der Waals surface area contributed by atoms with Crippen molar-refractivity contribution >= 4 is 11.6 Å². The standard InChI is InChI=1S/C14H20FN3O/c1-14(2)13(19)17(3)6-7-18(14)11-5-4-10(9-16)12(15)8-11/h4-5,8H,6-7,9,16H2,1-3H3. The van der Waals surface area contributed by atoms with Gasteiger partial charge in [0.15, 0.2) is 0 Å². The lowest BCUT2D eigenvalue weighted by atomic mass is 9.96. The van der Waals surface area contributed by atoms with Crippen molar-refractivity contribution in [3.8, 4) is 0 Å². The summed E-state index contributed by atoms with van der Waals surface area (Å²) in [5, 5.41) is 0. The first-order valence-corrected chi connectivity index (χ1v) is 6.39. The van der Waals surface area contributed by atoms with E-state index in [1.807, 2.05) is 24.8 Å². The van der Waals surface area contributed by atoms with Crippen LogP contribution in [0.3, 0.4) is 0 Å². The van der Waals surface area contributed by atoms with Gasteiger partial charge in [0.05, 0.1) is 0 Å². The van der Waals surface area contributed by atoms with E-state index in [0.29, 0.717) is 18.7 Å². The fourth-order valence-electron chi connectivity index (χ4n) is 2.54. The summed E-state index contributed by atoms with van der Waals surface area (Å²) >= 11 is 0. The van der Waals surface area contributed by atoms with E-state index in [2.05, 4.69) is 0 Å². The van der Waals surface area contributed by atoms with Crippen LogP contribution in [-0.2, 0) is 11.3 Å². The average molecular weight is 265 g/mol. The second-order valence-electron chi connectivity index (χ2n) is 5.42. The minimum Gasteiger partial charge on any atom is -0.356 e. The maximum atomic E-state index is 13.8. The number of piperazine rings is 1. The third-order valence-electron chi connectivity index (χ3n) is 3.77. The number of nitrogens with two attached hydrogens (primary N) is 1. The fourth-order valence-corrected chi connectivity index (χ4v) is 2.54. The lowest BCUT2D eigenvalue weighted by Crippen LogP contribution is -2.62. The molecule has 1 aliphatic heterocycles. The Bertz CT molecular complexity index is 501. The molecule has 104 valence electrons. The summed E-state index contributed by atoms with van der Waals surface area (Å²) < 4.78 is 13.8. The van der Waals surface area contributed by atoms with E-state index in [-0.39, 0.29) is 18.3 Å². The Hall–Kier alpha value is -1.62. The van der Waals surface area contributed by atoms with Gasteiger partial charge in [0.2, 0.25) is 5.91 Å². The van der Waals surface area contributed by atoms with Gasteiger partial charge in [-0.3, -0.25) is 4.79 Å². The second-order valence-corrected chi connectivity index (χ2v) is 5.42. The van der Waals surface area contributed by atoms with Crippen LogP contribution in [0.2, 0.25) is 0 Å². The number of anilines is 1. The molecule has 0 radical (unpaired) electrons. The van der Waals surface area contributed by atoms with Gasteiger partial charge in [-0.1, -0.05) is 6.07 Å². The number of carbonyl (C=O) groups excluding carboxylic acids is 1. The van der Waals surface area contributed by atoms with Gasteiger partial charge in [0.1, 0.15) is 11.4 Å². The zero-order valence-corrected chi connectivity index (χ0v) is 11.6. The fraction of sp³-hybridized carbons (Fsp3) is 0.500. The van der Waals surface area contributed by atoms with Crippen LogP contribution in [-0.4, -0.2) is 36.5 Å². The molecule has 2 rings (SSSR count). The van der Waals surface area contributed by atoms with Crippen LogP contribution in [0.25, 0.3) is 0 Å². The molecule has 0 spiro atoms. The van der Waals surface area contributed by atoms with E-state index in [4.69, 9.17) is 5.73 Å². The number of amides is 1. The summed E-state index contributed by atoms with van der Waals surface area (Å²) in [6, 6.07) is 4.97. The van der Waals surface area contributed by atoms with Gasteiger partial charge < -0.3 is 15.5 Å². The lowest BCUT2D eigenvalue weighted by Gasteiger charge is -2.46. The largest absolute Gasteiger partial charge is 0.356 e. The van der Waals surface area contributed by atoms with Crippen molar-refractivity contribution in [2.75, 3.05) is 25.0 Å². The molecule has 2 N–H and O–H groups in total. The van der Waals surface area contributed by atoms with Gasteiger partial charge >= 0.3 is 0 Å². The van der Waals surface area contributed by atoms with Crippen LogP contribution < -0.4 is 10.6 Å². The quantitative estimate of drug-likeness (QED) is 0.878. The normalized spacial score (nSPS) is 18.9. The average Bonchev–Trinajstić information content (AvgIpc) is 2.36. The van der Waals surface area contributed by atoms with Crippen LogP contribution in [0.4, 0.5) is 10.1 Å². The molecule has 0 aromatic heterocycles. The minimum atomic E-state index is -0.663. The topological polar surface area (TPSA) is 49.6 Å². The Kier molecular flexibility index (Phi) is 3.49. The zero-order chi connectivity index (χ0) is 14.2. The van der Waals surface area contributed by atoms with Crippen LogP contribution in [0.5, 0.6) is 0 Å². The molecular weight excluding hydrogens is 245 g/mol. The van der Waals surface area contributed by atoms with Gasteiger partial charge in [-0.25, -0.2) is 4.39 Å². The molecular formula is C14H20FN3O. The molecule has 1 heterocycles. The molecule has 1 amide bonds. The van der Waals surface area contributed by atoms with E-state index >= 15 is 0 Å². The number of likely N-dealkylation sites (N-methyl/N-ethyl adjacent to an activating group) is 1. The molecule has 0 unspecified atom stereocenters. The molecule has 0 bridgehead atoms. The van der Waals surface area contributed by atoms with E-state index in [0.717, 1.165) is 5.69 Å². The van der Waals surface area contributed by atoms with Crippen molar-refractivity contribution in [3.63, 3.8) is 0 Å². The number of benzene rings is 1. The molecule has 1 aromatic rings. The monoisotopic (exact) mass is 265 g/mol. The lowest BCUT2D eigenvalue weighted by molar-refractivity contribution is -0.136. The number of nitrogens with zero attached hydrogens (tertiary/aromatic N) is 2. The summed E-state index contributed by atoms with van der Waals surface area (Å²) in [6.07, 6.45) is 0. The summed E-state index contributed by atoms with van der Waals surface area (Å²) in [5.41, 5.74) is 6.01. The van der Waals surface area contributed by atoms with E-state index in [9.17, 15) is 9.18 Å². The van der Waals surface area contributed by atoms with Crippen molar-refractivity contribution in [1.29, 1.82) is 0 Å². The van der Waals surface area contributed by atoms with Crippen molar-refractivity contribution in [1.82, 2.24) is 4.90 Å². The van der Waals surface area contributed by atoms with Gasteiger partial charge in [0, 0.05) is 37.9 Å². The van der Waals surface area contributed by atoms with Crippen molar-refractivity contribution in [2.24, 2.45) is 5.73 Å². The maximum Gasteiger partial charge on any atom is 0.247 e. The summed E-state index contributed by atoms with van der Waals surface area (Å²) in [6.45, 7) is 5.23. The van der Waals surface area contributed by atoms with Gasteiger partial charge in [0.25, 0.3) is 0 Å². The summed E-state index contributed by atoms with van der Waals surface area (Å²) in [5.74, 6) is -0.274. The minimum absolute atomic E-state index is 0.0436. The highest BCUT2D eigenvalue weighted by Crippen LogP contribution is 2.29. The van der Waals surface area contributed by atoms with Gasteiger partial charge in [-0.15, -0.1) is 0 Å². The summed E-state index contributed by atoms with van der Waals surface area (Å²) in [4.78, 5) is 15.9. The van der Waals surface area contributed by atoms with Crippen LogP contribution >= 0.6 is 0 Å². The first-order valence-electron chi connectivity index (χ1n) is 6.39. The van der Waals surface area contributed by atoms with E-state index in [1.54, 1.807) is 18.0 Å². The van der Waals surface area contributed by atoms with Crippen molar-refractivity contribution in [3.05, 3.63) is 29.6 Å². The predicted molar refractivity (Wildman–Crippen MR) is 73.4 cm³/mol. The van der Waals surface area contributed by atoms with Crippen LogP contribution in [0.1, 0.15) is 19.4 Å². The highest BCUT2D eigenvalue weighted by Gasteiger charge is 2.40. The van der Waals surface area contributed by atoms with Crippen molar-refractivity contribution in [2.45, 2.75) is 25.9 Å². The van der Waals surface area contributed by atoms with E-state index in [1.165, 1.54) is 6.07 Å². The molecule has 19 heavy (non-hydrogen) atoms. The number of halogens is 1. The molecule has 0 aliphatic carbocycles. The smallest absolute Gasteiger partial charge is 0.247 e. The third-order valence-corrected chi connectivity index (χ3v) is 3.77. The molecule has 0 atom stereocenters. The molecule has 4 nitrogen and oxygen atoms in total. The Balaban J connectivity index is 2.36. The van der Waals surface area contributed by atoms with Gasteiger partial charge in [-0.2, -0.15) is 0 Å². The van der Waals surface area contributed by atoms with Crippen LogP contribution in [0, 0.1) is 5.82 Å². The Morgan fingerprint density at radius 1 is 1.37 bits per heavy atom. The van der Waals surface area contributed by atoms with Crippen molar-refractivity contribution < 1.29 is 9.18 Å². The molecule has 1 aliphatic rings. The molecule has 1 fully saturated rings. The predicted octanol–water partition coefficient (Wildman–Crippen LogP) is 1.34. The number of hydrogen-bond donors (Lipinski definition) is 1. The third kappa shape index (κ3) is 2.30. The Morgan fingerprint density at radius 3 is 2.63 bits per heavy atom. The SMILES string of the molecule is CN1CCN(c2ccc(CN)c(F)c2)C(C)(C)C1=O. The maximum absolute atomic E-state index is 13.8. The molecule has 1 aromatic carbocycles. The first kappa shape index (κ1) is 13.8. The van der Waals surface area contributed by atoms with Gasteiger partial charge in [-0.05, 0) is 26.0 Å². The zero-order valence-electron chi connectivity index (χ0n) is 11.6.